The summed E-state index contributed by atoms with van der Waals surface area (Å²) in [7, 11) is 0. The van der Waals surface area contributed by atoms with E-state index in [-0.39, 0.29) is 5.76 Å². The maximum Gasteiger partial charge on any atom is 0.287 e. The smallest absolute Gasteiger partial charge is 0.287 e. The number of amides is 1. The Hall–Kier alpha value is -2.17. The number of rotatable bonds is 3. The molecule has 0 saturated heterocycles. The maximum absolute atomic E-state index is 13.0. The maximum atomic E-state index is 13.0. The predicted molar refractivity (Wildman–Crippen MR) is 60.9 cm³/mol. The predicted octanol–water partition coefficient (Wildman–Crippen LogP) is 3.05. The summed E-state index contributed by atoms with van der Waals surface area (Å²) in [5.41, 5.74) is 0.480. The summed E-state index contributed by atoms with van der Waals surface area (Å²) < 4.78 is 30.7. The first-order valence-electron chi connectivity index (χ1n) is 5.37. The Labute approximate surface area is 102 Å². The minimum Gasteiger partial charge on any atom is -0.459 e. The van der Waals surface area contributed by atoms with Gasteiger partial charge in [0.25, 0.3) is 5.91 Å². The van der Waals surface area contributed by atoms with Crippen LogP contribution in [0.2, 0.25) is 0 Å². The highest BCUT2D eigenvalue weighted by Crippen LogP contribution is 2.16. The molecule has 1 aromatic carbocycles. The van der Waals surface area contributed by atoms with Gasteiger partial charge < -0.3 is 9.73 Å². The van der Waals surface area contributed by atoms with Crippen molar-refractivity contribution in [2.24, 2.45) is 0 Å². The zero-order valence-corrected chi connectivity index (χ0v) is 9.61. The van der Waals surface area contributed by atoms with Crippen molar-refractivity contribution in [2.75, 3.05) is 0 Å². The second-order valence-electron chi connectivity index (χ2n) is 3.85. The van der Waals surface area contributed by atoms with Gasteiger partial charge in [-0.1, -0.05) is 6.07 Å². The van der Waals surface area contributed by atoms with Crippen molar-refractivity contribution in [3.8, 4) is 0 Å². The number of nitrogens with one attached hydrogen (secondary N) is 1. The van der Waals surface area contributed by atoms with Crippen LogP contribution in [0.1, 0.15) is 29.1 Å². The summed E-state index contributed by atoms with van der Waals surface area (Å²) in [6.07, 6.45) is 1.39. The van der Waals surface area contributed by atoms with Crippen molar-refractivity contribution in [2.45, 2.75) is 13.0 Å². The lowest BCUT2D eigenvalue weighted by Crippen LogP contribution is -2.26. The summed E-state index contributed by atoms with van der Waals surface area (Å²) in [4.78, 5) is 11.7. The average Bonchev–Trinajstić information content (AvgIpc) is 2.86. The number of halogens is 2. The minimum absolute atomic E-state index is 0.171. The fourth-order valence-corrected chi connectivity index (χ4v) is 1.54. The van der Waals surface area contributed by atoms with Crippen molar-refractivity contribution in [3.63, 3.8) is 0 Å². The van der Waals surface area contributed by atoms with Crippen LogP contribution in [0.25, 0.3) is 0 Å². The van der Waals surface area contributed by atoms with E-state index in [1.165, 1.54) is 18.4 Å². The highest BCUT2D eigenvalue weighted by atomic mass is 19.2. The summed E-state index contributed by atoms with van der Waals surface area (Å²) in [5.74, 6) is -2.09. The monoisotopic (exact) mass is 251 g/mol. The molecule has 1 aromatic heterocycles. The molecule has 1 heterocycles. The highest BCUT2D eigenvalue weighted by Gasteiger charge is 2.14. The number of carbonyl (C=O) groups excluding carboxylic acids is 1. The molecule has 0 aliphatic carbocycles. The van der Waals surface area contributed by atoms with E-state index in [1.807, 2.05) is 0 Å². The molecular formula is C13H11F2NO2. The first-order chi connectivity index (χ1) is 8.58. The van der Waals surface area contributed by atoms with Gasteiger partial charge in [-0.05, 0) is 36.8 Å². The van der Waals surface area contributed by atoms with Gasteiger partial charge in [0, 0.05) is 0 Å². The fourth-order valence-electron chi connectivity index (χ4n) is 1.54. The second-order valence-corrected chi connectivity index (χ2v) is 3.85. The van der Waals surface area contributed by atoms with Gasteiger partial charge in [-0.25, -0.2) is 8.78 Å². The molecule has 1 amide bonds. The highest BCUT2D eigenvalue weighted by molar-refractivity contribution is 5.91. The molecule has 1 atom stereocenters. The summed E-state index contributed by atoms with van der Waals surface area (Å²) in [5, 5.41) is 2.62. The van der Waals surface area contributed by atoms with Gasteiger partial charge in [0.2, 0.25) is 0 Å². The number of hydrogen-bond donors (Lipinski definition) is 1. The van der Waals surface area contributed by atoms with E-state index in [2.05, 4.69) is 5.32 Å². The van der Waals surface area contributed by atoms with Crippen LogP contribution >= 0.6 is 0 Å². The van der Waals surface area contributed by atoms with Crippen molar-refractivity contribution in [3.05, 3.63) is 59.6 Å². The Bertz CT molecular complexity index is 552. The van der Waals surface area contributed by atoms with Gasteiger partial charge in [0.1, 0.15) is 0 Å². The van der Waals surface area contributed by atoms with E-state index in [0.29, 0.717) is 5.56 Å². The van der Waals surface area contributed by atoms with Crippen LogP contribution in [0.5, 0.6) is 0 Å². The van der Waals surface area contributed by atoms with Gasteiger partial charge in [-0.15, -0.1) is 0 Å². The Morgan fingerprint density at radius 1 is 1.28 bits per heavy atom. The molecule has 0 fully saturated rings. The number of benzene rings is 1. The lowest BCUT2D eigenvalue weighted by atomic mass is 10.1. The molecule has 0 spiro atoms. The first kappa shape index (κ1) is 12.3. The number of hydrogen-bond acceptors (Lipinski definition) is 2. The third-order valence-electron chi connectivity index (χ3n) is 2.54. The topological polar surface area (TPSA) is 42.2 Å². The number of carbonyl (C=O) groups is 1. The standard InChI is InChI=1S/C13H11F2NO2/c1-8(9-4-5-10(14)11(15)7-9)16-13(17)12-3-2-6-18-12/h2-8H,1H3,(H,16,17)/t8-/m0/s1. The molecule has 0 aliphatic heterocycles. The Morgan fingerprint density at radius 3 is 2.67 bits per heavy atom. The molecule has 1 N–H and O–H groups in total. The van der Waals surface area contributed by atoms with Gasteiger partial charge in [-0.2, -0.15) is 0 Å². The van der Waals surface area contributed by atoms with E-state index in [4.69, 9.17) is 4.42 Å². The molecule has 0 unspecified atom stereocenters. The van der Waals surface area contributed by atoms with Gasteiger partial charge in [0.15, 0.2) is 17.4 Å². The molecular weight excluding hydrogens is 240 g/mol. The van der Waals surface area contributed by atoms with E-state index in [0.717, 1.165) is 12.1 Å². The van der Waals surface area contributed by atoms with Crippen LogP contribution in [0.15, 0.2) is 41.0 Å². The molecule has 94 valence electrons. The largest absolute Gasteiger partial charge is 0.459 e. The van der Waals surface area contributed by atoms with Gasteiger partial charge in [0.05, 0.1) is 12.3 Å². The minimum atomic E-state index is -0.938. The molecule has 0 saturated carbocycles. The third-order valence-corrected chi connectivity index (χ3v) is 2.54. The summed E-state index contributed by atoms with van der Waals surface area (Å²) >= 11 is 0. The van der Waals surface area contributed by atoms with E-state index in [9.17, 15) is 13.6 Å². The molecule has 2 aromatic rings. The van der Waals surface area contributed by atoms with Crippen molar-refractivity contribution < 1.29 is 18.0 Å². The quantitative estimate of drug-likeness (QED) is 0.911. The Balaban J connectivity index is 2.10. The van der Waals surface area contributed by atoms with Gasteiger partial charge >= 0.3 is 0 Å². The molecule has 0 aliphatic rings. The summed E-state index contributed by atoms with van der Waals surface area (Å²) in [6.45, 7) is 1.67. The fraction of sp³-hybridized carbons (Fsp3) is 0.154. The molecule has 3 nitrogen and oxygen atoms in total. The van der Waals surface area contributed by atoms with Crippen molar-refractivity contribution >= 4 is 5.91 Å². The summed E-state index contributed by atoms with van der Waals surface area (Å²) in [6, 6.07) is 6.18. The van der Waals surface area contributed by atoms with Crippen molar-refractivity contribution in [1.82, 2.24) is 5.32 Å². The lowest BCUT2D eigenvalue weighted by Gasteiger charge is -2.13. The molecule has 0 bridgehead atoms. The molecule has 2 rings (SSSR count). The molecule has 5 heteroatoms. The van der Waals surface area contributed by atoms with Crippen LogP contribution in [-0.4, -0.2) is 5.91 Å². The molecule has 18 heavy (non-hydrogen) atoms. The second kappa shape index (κ2) is 5.00. The Morgan fingerprint density at radius 2 is 2.06 bits per heavy atom. The SMILES string of the molecule is C[C@H](NC(=O)c1ccco1)c1ccc(F)c(F)c1. The lowest BCUT2D eigenvalue weighted by molar-refractivity contribution is 0.0912. The third kappa shape index (κ3) is 2.56. The van der Waals surface area contributed by atoms with E-state index < -0.39 is 23.6 Å². The van der Waals surface area contributed by atoms with Crippen LogP contribution in [0.4, 0.5) is 8.78 Å². The van der Waals surface area contributed by atoms with Gasteiger partial charge in [-0.3, -0.25) is 4.79 Å². The van der Waals surface area contributed by atoms with Crippen LogP contribution in [0, 0.1) is 11.6 Å². The van der Waals surface area contributed by atoms with Crippen molar-refractivity contribution in [1.29, 1.82) is 0 Å². The zero-order valence-electron chi connectivity index (χ0n) is 9.61. The number of furan rings is 1. The normalized spacial score (nSPS) is 12.2. The van der Waals surface area contributed by atoms with Crippen LogP contribution in [-0.2, 0) is 0 Å². The van der Waals surface area contributed by atoms with Crippen LogP contribution < -0.4 is 5.32 Å². The van der Waals surface area contributed by atoms with E-state index in [1.54, 1.807) is 13.0 Å². The van der Waals surface area contributed by atoms with E-state index >= 15 is 0 Å². The molecule has 0 radical (unpaired) electrons. The average molecular weight is 251 g/mol. The van der Waals surface area contributed by atoms with Crippen LogP contribution in [0.3, 0.4) is 0 Å². The zero-order chi connectivity index (χ0) is 13.1. The first-order valence-corrected chi connectivity index (χ1v) is 5.37. The Kier molecular flexibility index (Phi) is 3.41.